The molecule has 2 aliphatic rings. The van der Waals surface area contributed by atoms with Crippen LogP contribution in [-0.4, -0.2) is 40.4 Å². The number of anilines is 2. The van der Waals surface area contributed by atoms with Gasteiger partial charge in [0.2, 0.25) is 5.95 Å². The van der Waals surface area contributed by atoms with E-state index >= 15 is 0 Å². The van der Waals surface area contributed by atoms with Crippen LogP contribution in [0.1, 0.15) is 41.9 Å². The van der Waals surface area contributed by atoms with Crippen LogP contribution in [0.4, 0.5) is 11.8 Å². The highest BCUT2D eigenvalue weighted by Crippen LogP contribution is 2.27. The van der Waals surface area contributed by atoms with Crippen LogP contribution in [0.5, 0.6) is 0 Å². The lowest BCUT2D eigenvalue weighted by Gasteiger charge is -2.21. The van der Waals surface area contributed by atoms with E-state index in [0.717, 1.165) is 56.4 Å². The summed E-state index contributed by atoms with van der Waals surface area (Å²) in [6.07, 6.45) is 5.69. The van der Waals surface area contributed by atoms with Gasteiger partial charge in [-0.15, -0.1) is 0 Å². The van der Waals surface area contributed by atoms with Gasteiger partial charge in [-0.3, -0.25) is 4.68 Å². The van der Waals surface area contributed by atoms with Gasteiger partial charge in [0.25, 0.3) is 0 Å². The van der Waals surface area contributed by atoms with Crippen LogP contribution in [0.15, 0.2) is 6.07 Å². The fourth-order valence-corrected chi connectivity index (χ4v) is 3.61. The van der Waals surface area contributed by atoms with Gasteiger partial charge in [-0.05, 0) is 44.7 Å². The van der Waals surface area contributed by atoms with E-state index in [4.69, 9.17) is 15.1 Å². The number of hydrogen-bond donors (Lipinski definition) is 2. The zero-order valence-corrected chi connectivity index (χ0v) is 15.2. The Morgan fingerprint density at radius 1 is 1.20 bits per heavy atom. The Hall–Kier alpha value is -2.15. The maximum Gasteiger partial charge on any atom is 0.227 e. The summed E-state index contributed by atoms with van der Waals surface area (Å²) in [5, 5.41) is 11.7. The van der Waals surface area contributed by atoms with E-state index in [2.05, 4.69) is 21.4 Å². The summed E-state index contributed by atoms with van der Waals surface area (Å²) in [6.45, 7) is 3.67. The number of hydrogen-bond acceptors (Lipinski definition) is 6. The zero-order chi connectivity index (χ0) is 17.2. The molecule has 4 rings (SSSR count). The van der Waals surface area contributed by atoms with Crippen molar-refractivity contribution >= 4 is 11.8 Å². The van der Waals surface area contributed by atoms with Crippen molar-refractivity contribution in [2.45, 2.75) is 51.7 Å². The molecule has 0 radical (unpaired) electrons. The summed E-state index contributed by atoms with van der Waals surface area (Å²) in [7, 11) is 3.99. The molecule has 0 atom stereocenters. The molecule has 2 aromatic heterocycles. The van der Waals surface area contributed by atoms with Crippen molar-refractivity contribution in [1.82, 2.24) is 25.1 Å². The largest absolute Gasteiger partial charge is 0.364 e. The first kappa shape index (κ1) is 16.3. The van der Waals surface area contributed by atoms with E-state index in [-0.39, 0.29) is 0 Å². The first-order valence-electron chi connectivity index (χ1n) is 9.28. The molecule has 25 heavy (non-hydrogen) atoms. The molecule has 0 unspecified atom stereocenters. The lowest BCUT2D eigenvalue weighted by molar-refractivity contribution is 0.581. The normalized spacial score (nSPS) is 16.7. The van der Waals surface area contributed by atoms with Gasteiger partial charge in [-0.1, -0.05) is 0 Å². The summed E-state index contributed by atoms with van der Waals surface area (Å²) in [4.78, 5) is 11.5. The molecule has 0 aromatic carbocycles. The molecule has 1 aliphatic carbocycles. The van der Waals surface area contributed by atoms with Crippen LogP contribution in [0.25, 0.3) is 0 Å². The van der Waals surface area contributed by atoms with Crippen LogP contribution < -0.4 is 15.5 Å². The number of aryl methyl sites for hydroxylation is 2. The average molecular weight is 341 g/mol. The maximum atomic E-state index is 4.76. The molecule has 0 spiro atoms. The number of nitrogens with one attached hydrogen (secondary N) is 2. The first-order valence-corrected chi connectivity index (χ1v) is 9.28. The van der Waals surface area contributed by atoms with Gasteiger partial charge in [0, 0.05) is 32.7 Å². The van der Waals surface area contributed by atoms with Crippen LogP contribution >= 0.6 is 0 Å². The van der Waals surface area contributed by atoms with Crippen molar-refractivity contribution in [3.05, 3.63) is 28.7 Å². The Kier molecular flexibility index (Phi) is 4.57. The average Bonchev–Trinajstić information content (AvgIpc) is 2.88. The van der Waals surface area contributed by atoms with E-state index in [1.165, 1.54) is 29.8 Å². The molecule has 2 N–H and O–H groups in total. The summed E-state index contributed by atoms with van der Waals surface area (Å²) < 4.78 is 2.14. The van der Waals surface area contributed by atoms with Crippen LogP contribution in [0.2, 0.25) is 0 Å². The minimum absolute atomic E-state index is 0.705. The summed E-state index contributed by atoms with van der Waals surface area (Å²) >= 11 is 0. The molecular formula is C18H27N7. The van der Waals surface area contributed by atoms with Gasteiger partial charge >= 0.3 is 0 Å². The summed E-state index contributed by atoms with van der Waals surface area (Å²) in [5.41, 5.74) is 4.85. The molecule has 134 valence electrons. The molecule has 0 amide bonds. The van der Waals surface area contributed by atoms with Gasteiger partial charge in [-0.2, -0.15) is 10.1 Å². The van der Waals surface area contributed by atoms with Gasteiger partial charge in [0.15, 0.2) is 0 Å². The molecule has 3 heterocycles. The minimum Gasteiger partial charge on any atom is -0.364 e. The number of rotatable bonds is 4. The second-order valence-corrected chi connectivity index (χ2v) is 7.13. The summed E-state index contributed by atoms with van der Waals surface area (Å²) in [5.74, 6) is 1.77. The fraction of sp³-hybridized carbons (Fsp3) is 0.611. The standard InChI is InChI=1S/C18H27N7/c1-24(2)18-21-16-7-4-3-6-15(16)17(22-18)20-11-13-10-14-12-19-8-5-9-25(14)23-13/h10,19H,3-9,11-12H2,1-2H3,(H,20,21,22). The number of fused-ring (bicyclic) bond motifs is 2. The van der Waals surface area contributed by atoms with Crippen molar-refractivity contribution in [2.24, 2.45) is 0 Å². The van der Waals surface area contributed by atoms with Crippen LogP contribution in [-0.2, 0) is 32.5 Å². The quantitative estimate of drug-likeness (QED) is 0.882. The predicted octanol–water partition coefficient (Wildman–Crippen LogP) is 1.72. The van der Waals surface area contributed by atoms with Gasteiger partial charge < -0.3 is 15.5 Å². The van der Waals surface area contributed by atoms with E-state index in [1.807, 2.05) is 19.0 Å². The Labute approximate surface area is 148 Å². The molecule has 0 saturated carbocycles. The molecule has 2 aromatic rings. The third kappa shape index (κ3) is 3.46. The Morgan fingerprint density at radius 2 is 2.08 bits per heavy atom. The maximum absolute atomic E-state index is 4.76. The molecule has 7 heteroatoms. The third-order valence-electron chi connectivity index (χ3n) is 4.95. The van der Waals surface area contributed by atoms with Crippen molar-refractivity contribution < 1.29 is 0 Å². The van der Waals surface area contributed by atoms with Crippen molar-refractivity contribution in [2.75, 3.05) is 30.9 Å². The highest BCUT2D eigenvalue weighted by atomic mass is 15.3. The van der Waals surface area contributed by atoms with E-state index < -0.39 is 0 Å². The Balaban J connectivity index is 1.55. The Bertz CT molecular complexity index is 727. The Morgan fingerprint density at radius 3 is 2.96 bits per heavy atom. The minimum atomic E-state index is 0.705. The molecule has 7 nitrogen and oxygen atoms in total. The number of nitrogens with zero attached hydrogens (tertiary/aromatic N) is 5. The lowest BCUT2D eigenvalue weighted by atomic mass is 9.96. The molecular weight excluding hydrogens is 314 g/mol. The van der Waals surface area contributed by atoms with E-state index in [9.17, 15) is 0 Å². The highest BCUT2D eigenvalue weighted by molar-refractivity contribution is 5.52. The smallest absolute Gasteiger partial charge is 0.227 e. The molecule has 0 fully saturated rings. The monoisotopic (exact) mass is 341 g/mol. The highest BCUT2D eigenvalue weighted by Gasteiger charge is 2.19. The van der Waals surface area contributed by atoms with Crippen molar-refractivity contribution in [3.8, 4) is 0 Å². The van der Waals surface area contributed by atoms with Gasteiger partial charge in [0.1, 0.15) is 5.82 Å². The van der Waals surface area contributed by atoms with Crippen LogP contribution in [0, 0.1) is 0 Å². The van der Waals surface area contributed by atoms with Crippen molar-refractivity contribution in [1.29, 1.82) is 0 Å². The van der Waals surface area contributed by atoms with E-state index in [0.29, 0.717) is 6.54 Å². The first-order chi connectivity index (χ1) is 12.2. The van der Waals surface area contributed by atoms with E-state index in [1.54, 1.807) is 0 Å². The third-order valence-corrected chi connectivity index (χ3v) is 4.95. The number of aromatic nitrogens is 4. The SMILES string of the molecule is CN(C)c1nc2c(c(NCc3cc4n(n3)CCCNC4)n1)CCCC2. The fourth-order valence-electron chi connectivity index (χ4n) is 3.61. The van der Waals surface area contributed by atoms with Crippen molar-refractivity contribution in [3.63, 3.8) is 0 Å². The molecule has 0 saturated heterocycles. The zero-order valence-electron chi connectivity index (χ0n) is 15.2. The molecule has 1 aliphatic heterocycles. The predicted molar refractivity (Wildman–Crippen MR) is 98.9 cm³/mol. The van der Waals surface area contributed by atoms with Gasteiger partial charge in [0.05, 0.1) is 23.6 Å². The van der Waals surface area contributed by atoms with Crippen LogP contribution in [0.3, 0.4) is 0 Å². The topological polar surface area (TPSA) is 70.9 Å². The summed E-state index contributed by atoms with van der Waals surface area (Å²) in [6, 6.07) is 2.20. The second kappa shape index (κ2) is 7.00. The van der Waals surface area contributed by atoms with Gasteiger partial charge in [-0.25, -0.2) is 4.98 Å². The molecule has 0 bridgehead atoms. The second-order valence-electron chi connectivity index (χ2n) is 7.13. The lowest BCUT2D eigenvalue weighted by Crippen LogP contribution is -2.19.